The summed E-state index contributed by atoms with van der Waals surface area (Å²) < 4.78 is 40.4. The number of carbonyl (C=O) groups excluding carboxylic acids is 1. The molecule has 1 aromatic carbocycles. The predicted octanol–water partition coefficient (Wildman–Crippen LogP) is 3.72. The molecule has 9 heteroatoms. The summed E-state index contributed by atoms with van der Waals surface area (Å²) in [6.45, 7) is 3.65. The Morgan fingerprint density at radius 1 is 1.21 bits per heavy atom. The second-order valence-electron chi connectivity index (χ2n) is 4.85. The zero-order valence-electron chi connectivity index (χ0n) is 12.8. The Bertz CT molecular complexity index is 718. The summed E-state index contributed by atoms with van der Waals surface area (Å²) in [6, 6.07) is 6.90. The van der Waals surface area contributed by atoms with Crippen molar-refractivity contribution in [3.05, 3.63) is 41.7 Å². The van der Waals surface area contributed by atoms with Crippen LogP contribution in [-0.4, -0.2) is 28.0 Å². The number of carbonyl (C=O) groups is 1. The van der Waals surface area contributed by atoms with Crippen molar-refractivity contribution in [2.75, 3.05) is 11.1 Å². The molecule has 0 saturated heterocycles. The number of hydrogen-bond acceptors (Lipinski definition) is 5. The Kier molecular flexibility index (Phi) is 5.66. The van der Waals surface area contributed by atoms with Crippen molar-refractivity contribution >= 4 is 23.4 Å². The third kappa shape index (κ3) is 6.07. The van der Waals surface area contributed by atoms with E-state index in [0.717, 1.165) is 35.3 Å². The van der Waals surface area contributed by atoms with Crippen LogP contribution < -0.4 is 10.1 Å². The number of aryl methyl sites for hydroxylation is 2. The van der Waals surface area contributed by atoms with Crippen LogP contribution >= 0.6 is 11.8 Å². The number of alkyl halides is 3. The molecule has 24 heavy (non-hydrogen) atoms. The van der Waals surface area contributed by atoms with Gasteiger partial charge in [0.15, 0.2) is 5.16 Å². The van der Waals surface area contributed by atoms with Gasteiger partial charge in [0.1, 0.15) is 5.75 Å². The second-order valence-corrected chi connectivity index (χ2v) is 5.79. The van der Waals surface area contributed by atoms with E-state index in [1.807, 2.05) is 19.9 Å². The minimum Gasteiger partial charge on any atom is -0.406 e. The molecule has 0 fully saturated rings. The van der Waals surface area contributed by atoms with Crippen molar-refractivity contribution < 1.29 is 22.7 Å². The zero-order valence-corrected chi connectivity index (χ0v) is 13.7. The lowest BCUT2D eigenvalue weighted by Gasteiger charge is -2.10. The van der Waals surface area contributed by atoms with Crippen molar-refractivity contribution in [1.82, 2.24) is 9.97 Å². The summed E-state index contributed by atoms with van der Waals surface area (Å²) >= 11 is 1.14. The highest BCUT2D eigenvalue weighted by Crippen LogP contribution is 2.25. The molecule has 0 aliphatic heterocycles. The molecule has 1 heterocycles. The number of aromatic nitrogens is 2. The summed E-state index contributed by atoms with van der Waals surface area (Å²) in [7, 11) is 0. The third-order valence-corrected chi connectivity index (χ3v) is 3.49. The Hall–Kier alpha value is -2.29. The van der Waals surface area contributed by atoms with Crippen LogP contribution in [-0.2, 0) is 4.79 Å². The van der Waals surface area contributed by atoms with Crippen LogP contribution in [0.25, 0.3) is 0 Å². The average molecular weight is 357 g/mol. The van der Waals surface area contributed by atoms with Crippen molar-refractivity contribution in [2.24, 2.45) is 0 Å². The van der Waals surface area contributed by atoms with E-state index >= 15 is 0 Å². The number of ether oxygens (including phenoxy) is 1. The first-order valence-electron chi connectivity index (χ1n) is 6.82. The van der Waals surface area contributed by atoms with Gasteiger partial charge in [-0.25, -0.2) is 9.97 Å². The number of hydrogen-bond donors (Lipinski definition) is 1. The van der Waals surface area contributed by atoms with Crippen LogP contribution in [0, 0.1) is 13.8 Å². The highest BCUT2D eigenvalue weighted by molar-refractivity contribution is 7.99. The Labute approximate surface area is 140 Å². The smallest absolute Gasteiger partial charge is 0.406 e. The highest BCUT2D eigenvalue weighted by atomic mass is 32.2. The number of benzene rings is 1. The minimum atomic E-state index is -4.78. The number of nitrogens with one attached hydrogen (secondary N) is 1. The fourth-order valence-corrected chi connectivity index (χ4v) is 2.61. The molecule has 1 amide bonds. The zero-order chi connectivity index (χ0) is 17.7. The van der Waals surface area contributed by atoms with Gasteiger partial charge in [-0.2, -0.15) is 0 Å². The van der Waals surface area contributed by atoms with Gasteiger partial charge < -0.3 is 10.1 Å². The second kappa shape index (κ2) is 7.52. The molecule has 0 aliphatic rings. The third-order valence-electron chi connectivity index (χ3n) is 2.65. The maximum Gasteiger partial charge on any atom is 0.573 e. The molecule has 128 valence electrons. The number of thioether (sulfide) groups is 1. The average Bonchev–Trinajstić information content (AvgIpc) is 2.42. The Morgan fingerprint density at radius 2 is 1.88 bits per heavy atom. The molecule has 0 spiro atoms. The van der Waals surface area contributed by atoms with Crippen LogP contribution in [0.15, 0.2) is 35.5 Å². The number of anilines is 1. The van der Waals surface area contributed by atoms with Gasteiger partial charge in [-0.15, -0.1) is 13.2 Å². The maximum absolute atomic E-state index is 12.2. The quantitative estimate of drug-likeness (QED) is 0.653. The molecule has 0 bridgehead atoms. The van der Waals surface area contributed by atoms with E-state index in [0.29, 0.717) is 5.16 Å². The molecule has 5 nitrogen and oxygen atoms in total. The van der Waals surface area contributed by atoms with E-state index in [1.165, 1.54) is 12.1 Å². The molecule has 0 atom stereocenters. The summed E-state index contributed by atoms with van der Waals surface area (Å²) in [5.41, 5.74) is 1.80. The Morgan fingerprint density at radius 3 is 2.50 bits per heavy atom. The molecule has 1 N–H and O–H groups in total. The van der Waals surface area contributed by atoms with Gasteiger partial charge in [-0.05, 0) is 32.0 Å². The van der Waals surface area contributed by atoms with Crippen LogP contribution in [0.3, 0.4) is 0 Å². The lowest BCUT2D eigenvalue weighted by Crippen LogP contribution is -2.18. The summed E-state index contributed by atoms with van der Waals surface area (Å²) in [5, 5.41) is 2.97. The number of halogens is 3. The summed E-state index contributed by atoms with van der Waals surface area (Å²) in [6.07, 6.45) is -4.78. The largest absolute Gasteiger partial charge is 0.573 e. The summed E-state index contributed by atoms with van der Waals surface area (Å²) in [4.78, 5) is 20.3. The van der Waals surface area contributed by atoms with Crippen molar-refractivity contribution in [2.45, 2.75) is 25.4 Å². The van der Waals surface area contributed by atoms with Crippen LogP contribution in [0.4, 0.5) is 18.9 Å². The topological polar surface area (TPSA) is 64.1 Å². The first-order chi connectivity index (χ1) is 11.2. The van der Waals surface area contributed by atoms with E-state index in [4.69, 9.17) is 0 Å². The Balaban J connectivity index is 1.93. The molecular weight excluding hydrogens is 343 g/mol. The molecule has 2 rings (SSSR count). The van der Waals surface area contributed by atoms with E-state index < -0.39 is 12.1 Å². The van der Waals surface area contributed by atoms with E-state index in [-0.39, 0.29) is 17.3 Å². The van der Waals surface area contributed by atoms with Gasteiger partial charge in [0.05, 0.1) is 5.75 Å². The highest BCUT2D eigenvalue weighted by Gasteiger charge is 2.31. The minimum absolute atomic E-state index is 0.0350. The standard InChI is InChI=1S/C15H14F3N3O2S/c1-9-6-10(2)20-14(19-9)24-8-13(22)21-11-4-3-5-12(7-11)23-15(16,17)18/h3-7H,8H2,1-2H3,(H,21,22). The lowest BCUT2D eigenvalue weighted by atomic mass is 10.3. The van der Waals surface area contributed by atoms with Crippen molar-refractivity contribution in [3.63, 3.8) is 0 Å². The first kappa shape index (κ1) is 18.1. The predicted molar refractivity (Wildman–Crippen MR) is 84.0 cm³/mol. The molecule has 1 aromatic heterocycles. The van der Waals surface area contributed by atoms with E-state index in [2.05, 4.69) is 20.0 Å². The van der Waals surface area contributed by atoms with Crippen LogP contribution in [0.2, 0.25) is 0 Å². The van der Waals surface area contributed by atoms with E-state index in [1.54, 1.807) is 0 Å². The fraction of sp³-hybridized carbons (Fsp3) is 0.267. The molecule has 0 unspecified atom stereocenters. The fourth-order valence-electron chi connectivity index (χ4n) is 1.86. The SMILES string of the molecule is Cc1cc(C)nc(SCC(=O)Nc2cccc(OC(F)(F)F)c2)n1. The first-order valence-corrected chi connectivity index (χ1v) is 7.80. The van der Waals surface area contributed by atoms with Gasteiger partial charge >= 0.3 is 6.36 Å². The normalized spacial score (nSPS) is 11.2. The van der Waals surface area contributed by atoms with Crippen molar-refractivity contribution in [1.29, 1.82) is 0 Å². The van der Waals surface area contributed by atoms with Gasteiger partial charge in [-0.3, -0.25) is 4.79 Å². The van der Waals surface area contributed by atoms with Crippen LogP contribution in [0.1, 0.15) is 11.4 Å². The van der Waals surface area contributed by atoms with E-state index in [9.17, 15) is 18.0 Å². The molecule has 2 aromatic rings. The van der Waals surface area contributed by atoms with Crippen LogP contribution in [0.5, 0.6) is 5.75 Å². The van der Waals surface area contributed by atoms with Gasteiger partial charge in [-0.1, -0.05) is 17.8 Å². The number of rotatable bonds is 5. The maximum atomic E-state index is 12.2. The molecule has 0 aliphatic carbocycles. The molecular formula is C15H14F3N3O2S. The summed E-state index contributed by atoms with van der Waals surface area (Å²) in [5.74, 6) is -0.745. The van der Waals surface area contributed by atoms with Gasteiger partial charge in [0.2, 0.25) is 5.91 Å². The molecule has 0 radical (unpaired) electrons. The molecule has 0 saturated carbocycles. The van der Waals surface area contributed by atoms with Gasteiger partial charge in [0, 0.05) is 23.1 Å². The van der Waals surface area contributed by atoms with Gasteiger partial charge in [0.25, 0.3) is 0 Å². The lowest BCUT2D eigenvalue weighted by molar-refractivity contribution is -0.274. The van der Waals surface area contributed by atoms with Crippen molar-refractivity contribution in [3.8, 4) is 5.75 Å². The number of amides is 1. The number of nitrogens with zero attached hydrogens (tertiary/aromatic N) is 2. The monoisotopic (exact) mass is 357 g/mol.